The van der Waals surface area contributed by atoms with Gasteiger partial charge in [-0.05, 0) is 37.0 Å². The molecule has 0 radical (unpaired) electrons. The highest BCUT2D eigenvalue weighted by atomic mass is 35.5. The second-order valence-electron chi connectivity index (χ2n) is 7.54. The Balaban J connectivity index is 2.17. The Morgan fingerprint density at radius 1 is 1.41 bits per heavy atom. The zero-order valence-electron chi connectivity index (χ0n) is 18.7. The minimum Gasteiger partial charge on any atom is -0.489 e. The molecule has 1 amide bonds. The number of hydrogen-bond donors (Lipinski definition) is 3. The summed E-state index contributed by atoms with van der Waals surface area (Å²) < 4.78 is 21.1. The predicted molar refractivity (Wildman–Crippen MR) is 130 cm³/mol. The van der Waals surface area contributed by atoms with Crippen molar-refractivity contribution in [3.05, 3.63) is 69.1 Å². The van der Waals surface area contributed by atoms with E-state index in [2.05, 4.69) is 15.5 Å². The molecule has 10 heteroatoms. The first-order valence-corrected chi connectivity index (χ1v) is 10.8. The second-order valence-corrected chi connectivity index (χ2v) is 7.95. The van der Waals surface area contributed by atoms with E-state index in [0.29, 0.717) is 28.8 Å². The van der Waals surface area contributed by atoms with Crippen LogP contribution in [0.5, 0.6) is 5.75 Å². The molecule has 3 rings (SSSR count). The highest BCUT2D eigenvalue weighted by Crippen LogP contribution is 2.37. The number of benzene rings is 2. The lowest BCUT2D eigenvalue weighted by Gasteiger charge is -2.18. The van der Waals surface area contributed by atoms with Crippen molar-refractivity contribution in [2.24, 2.45) is 21.6 Å². The van der Waals surface area contributed by atoms with E-state index in [1.807, 2.05) is 19.1 Å². The molecule has 0 spiro atoms. The van der Waals surface area contributed by atoms with Crippen LogP contribution < -0.4 is 21.6 Å². The molecule has 0 atom stereocenters. The van der Waals surface area contributed by atoms with E-state index in [1.165, 1.54) is 19.3 Å². The minimum atomic E-state index is -0.798. The molecular formula is C24H24ClFN6O2. The third kappa shape index (κ3) is 5.09. The second kappa shape index (κ2) is 10.9. The summed E-state index contributed by atoms with van der Waals surface area (Å²) in [6.07, 6.45) is 3.40. The van der Waals surface area contributed by atoms with Gasteiger partial charge in [0.1, 0.15) is 17.4 Å². The number of aryl methyl sites for hydroxylation is 1. The molecule has 0 saturated heterocycles. The van der Waals surface area contributed by atoms with Crippen LogP contribution in [-0.2, 0) is 4.79 Å². The van der Waals surface area contributed by atoms with Crippen LogP contribution in [0.2, 0.25) is 5.02 Å². The smallest absolute Gasteiger partial charge is 0.227 e. The maximum atomic E-state index is 15.3. The number of carbonyl (C=O) groups excluding carboxylic acids is 1. The summed E-state index contributed by atoms with van der Waals surface area (Å²) in [6.45, 7) is 1.92. The maximum Gasteiger partial charge on any atom is 0.227 e. The normalized spacial score (nSPS) is 14.5. The molecule has 176 valence electrons. The Morgan fingerprint density at radius 3 is 2.71 bits per heavy atom. The van der Waals surface area contributed by atoms with Gasteiger partial charge in [0, 0.05) is 37.0 Å². The number of allylic oxidation sites excluding steroid dienone is 1. The number of nitrogens with two attached hydrogens (primary N) is 2. The molecular weight excluding hydrogens is 459 g/mol. The fourth-order valence-electron chi connectivity index (χ4n) is 3.49. The average Bonchev–Trinajstić information content (AvgIpc) is 3.65. The highest BCUT2D eigenvalue weighted by molar-refractivity contribution is 6.35. The third-order valence-corrected chi connectivity index (χ3v) is 5.58. The van der Waals surface area contributed by atoms with Crippen LogP contribution in [0.4, 0.5) is 4.39 Å². The van der Waals surface area contributed by atoms with E-state index in [1.54, 1.807) is 12.1 Å². The summed E-state index contributed by atoms with van der Waals surface area (Å²) in [4.78, 5) is 15.0. The lowest BCUT2D eigenvalue weighted by molar-refractivity contribution is -0.109. The molecule has 2 aromatic carbocycles. The van der Waals surface area contributed by atoms with Gasteiger partial charge in [-0.3, -0.25) is 9.79 Å². The summed E-state index contributed by atoms with van der Waals surface area (Å²) in [7, 11) is 1.47. The van der Waals surface area contributed by atoms with Crippen LogP contribution in [-0.4, -0.2) is 37.5 Å². The van der Waals surface area contributed by atoms with E-state index in [-0.39, 0.29) is 40.3 Å². The van der Waals surface area contributed by atoms with Crippen molar-refractivity contribution in [2.75, 3.05) is 13.6 Å². The fraction of sp³-hybridized carbons (Fsp3) is 0.250. The van der Waals surface area contributed by atoms with Crippen LogP contribution in [0.15, 0.2) is 40.6 Å². The van der Waals surface area contributed by atoms with Crippen LogP contribution >= 0.6 is 11.6 Å². The first-order chi connectivity index (χ1) is 16.4. The van der Waals surface area contributed by atoms with Gasteiger partial charge in [-0.2, -0.15) is 10.4 Å². The summed E-state index contributed by atoms with van der Waals surface area (Å²) in [5, 5.41) is 13.7. The zero-order chi connectivity index (χ0) is 24.8. The first kappa shape index (κ1) is 24.9. The number of aliphatic imine (C=N–C) groups is 1. The highest BCUT2D eigenvalue weighted by Gasteiger charge is 2.29. The van der Waals surface area contributed by atoms with Crippen molar-refractivity contribution in [1.82, 2.24) is 5.43 Å². The Labute approximate surface area is 201 Å². The van der Waals surface area contributed by atoms with Crippen molar-refractivity contribution in [3.8, 4) is 11.8 Å². The number of amides is 1. The van der Waals surface area contributed by atoms with Gasteiger partial charge in [0.2, 0.25) is 6.41 Å². The molecule has 1 saturated carbocycles. The van der Waals surface area contributed by atoms with Gasteiger partial charge in [-0.1, -0.05) is 23.7 Å². The largest absolute Gasteiger partial charge is 0.489 e. The Morgan fingerprint density at radius 2 is 2.15 bits per heavy atom. The lowest BCUT2D eigenvalue weighted by Crippen LogP contribution is -2.20. The molecule has 0 aromatic heterocycles. The quantitative estimate of drug-likeness (QED) is 0.286. The number of hydrazone groups is 1. The monoisotopic (exact) mass is 482 g/mol. The van der Waals surface area contributed by atoms with Crippen molar-refractivity contribution >= 4 is 35.0 Å². The maximum absolute atomic E-state index is 15.3. The van der Waals surface area contributed by atoms with Crippen LogP contribution in [0.25, 0.3) is 5.57 Å². The molecule has 0 heterocycles. The van der Waals surface area contributed by atoms with Crippen molar-refractivity contribution in [2.45, 2.75) is 25.9 Å². The SMILES string of the molecule is CN=C(/C(=C\N)c1ccc(C)c(/C(CN)=N\NC=O)c1)c1c(F)c(Cl)cc(OC2CC2)c1C#N. The molecule has 0 aliphatic heterocycles. The number of nitrogens with one attached hydrogen (secondary N) is 1. The molecule has 0 unspecified atom stereocenters. The van der Waals surface area contributed by atoms with Gasteiger partial charge >= 0.3 is 0 Å². The standard InChI is InChI=1S/C24H24ClFN6O2/c1-13-3-4-14(7-16(13)20(11-29)32-31-12-33)17(9-27)24(30-2)22-18(10-28)21(34-15-5-6-15)8-19(25)23(22)26/h3-4,7-9,12,15H,5-6,11,27,29H2,1-2H3,(H,31,33)/b17-9-,30-24?,32-20-. The summed E-state index contributed by atoms with van der Waals surface area (Å²) in [5.74, 6) is -0.598. The van der Waals surface area contributed by atoms with Crippen LogP contribution in [0.3, 0.4) is 0 Å². The van der Waals surface area contributed by atoms with E-state index in [0.717, 1.165) is 18.4 Å². The number of nitriles is 1. The van der Waals surface area contributed by atoms with Gasteiger partial charge in [0.15, 0.2) is 5.82 Å². The average molecular weight is 483 g/mol. The van der Waals surface area contributed by atoms with Gasteiger partial charge in [0.05, 0.1) is 28.1 Å². The van der Waals surface area contributed by atoms with E-state index >= 15 is 4.39 Å². The van der Waals surface area contributed by atoms with Crippen molar-refractivity contribution < 1.29 is 13.9 Å². The van der Waals surface area contributed by atoms with E-state index in [9.17, 15) is 10.1 Å². The van der Waals surface area contributed by atoms with E-state index < -0.39 is 5.82 Å². The fourth-order valence-corrected chi connectivity index (χ4v) is 3.69. The van der Waals surface area contributed by atoms with Crippen molar-refractivity contribution in [1.29, 1.82) is 5.26 Å². The molecule has 34 heavy (non-hydrogen) atoms. The molecule has 2 aromatic rings. The summed E-state index contributed by atoms with van der Waals surface area (Å²) >= 11 is 6.17. The number of ether oxygens (including phenoxy) is 1. The minimum absolute atomic E-state index is 0.0134. The number of nitrogens with zero attached hydrogens (tertiary/aromatic N) is 3. The number of hydrogen-bond acceptors (Lipinski definition) is 7. The third-order valence-electron chi connectivity index (χ3n) is 5.30. The van der Waals surface area contributed by atoms with Crippen LogP contribution in [0.1, 0.15) is 40.7 Å². The van der Waals surface area contributed by atoms with Gasteiger partial charge in [-0.15, -0.1) is 0 Å². The van der Waals surface area contributed by atoms with Crippen LogP contribution in [0, 0.1) is 24.1 Å². The topological polar surface area (TPSA) is 139 Å². The molecule has 0 bridgehead atoms. The Hall–Kier alpha value is -3.74. The van der Waals surface area contributed by atoms with E-state index in [4.69, 9.17) is 27.8 Å². The summed E-state index contributed by atoms with van der Waals surface area (Å²) in [6, 6.07) is 8.69. The van der Waals surface area contributed by atoms with Crippen molar-refractivity contribution in [3.63, 3.8) is 0 Å². The number of rotatable bonds is 9. The molecule has 8 nitrogen and oxygen atoms in total. The van der Waals surface area contributed by atoms with Gasteiger partial charge in [-0.25, -0.2) is 9.82 Å². The Bertz CT molecular complexity index is 1240. The molecule has 1 fully saturated rings. The predicted octanol–water partition coefficient (Wildman–Crippen LogP) is 3.03. The summed E-state index contributed by atoms with van der Waals surface area (Å²) in [5.41, 5.74) is 17.0. The first-order valence-electron chi connectivity index (χ1n) is 10.4. The lowest BCUT2D eigenvalue weighted by atomic mass is 9.90. The molecule has 5 N–H and O–H groups in total. The Kier molecular flexibility index (Phi) is 7.99. The zero-order valence-corrected chi connectivity index (χ0v) is 19.5. The molecule has 1 aliphatic rings. The van der Waals surface area contributed by atoms with Gasteiger partial charge in [0.25, 0.3) is 0 Å². The number of halogens is 2. The molecule has 1 aliphatic carbocycles. The van der Waals surface area contributed by atoms with Gasteiger partial charge < -0.3 is 16.2 Å². The number of carbonyl (C=O) groups is 1.